The fraction of sp³-hybridized carbons (Fsp3) is 0.917. The van der Waals surface area contributed by atoms with E-state index in [0.29, 0.717) is 0 Å². The molecule has 0 aromatic rings. The average molecular weight is 257 g/mol. The molecule has 0 aromatic heterocycles. The van der Waals surface area contributed by atoms with Crippen LogP contribution in [-0.2, 0) is 10.8 Å². The summed E-state index contributed by atoms with van der Waals surface area (Å²) in [6, 6.07) is 2.35. The fourth-order valence-corrected chi connectivity index (χ4v) is 3.26. The van der Waals surface area contributed by atoms with Gasteiger partial charge in [-0.25, -0.2) is 0 Å². The van der Waals surface area contributed by atoms with Crippen molar-refractivity contribution in [3.8, 4) is 6.07 Å². The van der Waals surface area contributed by atoms with Gasteiger partial charge in [0, 0.05) is 35.4 Å². The van der Waals surface area contributed by atoms with Crippen molar-refractivity contribution in [2.45, 2.75) is 32.2 Å². The predicted molar refractivity (Wildman–Crippen MR) is 71.2 cm³/mol. The quantitative estimate of drug-likeness (QED) is 0.762. The number of rotatable bonds is 6. The molecule has 1 aliphatic rings. The summed E-state index contributed by atoms with van der Waals surface area (Å²) in [6.45, 7) is 7.71. The van der Waals surface area contributed by atoms with Crippen molar-refractivity contribution < 1.29 is 4.21 Å². The molecule has 1 saturated heterocycles. The average Bonchev–Trinajstić information content (AvgIpc) is 2.32. The van der Waals surface area contributed by atoms with Gasteiger partial charge >= 0.3 is 0 Å². The van der Waals surface area contributed by atoms with Crippen molar-refractivity contribution in [1.29, 1.82) is 5.26 Å². The maximum absolute atomic E-state index is 11.2. The minimum absolute atomic E-state index is 0.395. The van der Waals surface area contributed by atoms with Crippen molar-refractivity contribution in [3.05, 3.63) is 0 Å². The number of nitrogens with zero attached hydrogens (tertiary/aromatic N) is 2. The smallest absolute Gasteiger partial charge is 0.103 e. The second kappa shape index (κ2) is 7.10. The van der Waals surface area contributed by atoms with Crippen molar-refractivity contribution in [2.24, 2.45) is 0 Å². The van der Waals surface area contributed by atoms with Crippen LogP contribution in [0.5, 0.6) is 0 Å². The van der Waals surface area contributed by atoms with Crippen LogP contribution in [0.1, 0.15) is 26.7 Å². The van der Waals surface area contributed by atoms with Gasteiger partial charge in [-0.05, 0) is 32.9 Å². The van der Waals surface area contributed by atoms with Crippen LogP contribution >= 0.6 is 0 Å². The lowest BCUT2D eigenvalue weighted by Gasteiger charge is -2.28. The Kier molecular flexibility index (Phi) is 6.10. The zero-order valence-corrected chi connectivity index (χ0v) is 11.7. The highest BCUT2D eigenvalue weighted by atomic mass is 32.2. The zero-order valence-electron chi connectivity index (χ0n) is 10.9. The van der Waals surface area contributed by atoms with Crippen LogP contribution in [0.15, 0.2) is 0 Å². The maximum Gasteiger partial charge on any atom is 0.103 e. The normalized spacial score (nSPS) is 21.9. The Labute approximate surface area is 107 Å². The Morgan fingerprint density at radius 3 is 2.65 bits per heavy atom. The van der Waals surface area contributed by atoms with Gasteiger partial charge in [0.15, 0.2) is 0 Å². The second-order valence-corrected chi connectivity index (χ2v) is 6.46. The molecule has 0 spiro atoms. The molecule has 1 N–H and O–H groups in total. The summed E-state index contributed by atoms with van der Waals surface area (Å²) in [7, 11) is -0.595. The lowest BCUT2D eigenvalue weighted by atomic mass is 9.97. The van der Waals surface area contributed by atoms with Gasteiger partial charge < -0.3 is 4.90 Å². The molecule has 0 saturated carbocycles. The molecule has 4 nitrogen and oxygen atoms in total. The van der Waals surface area contributed by atoms with Gasteiger partial charge in [0.25, 0.3) is 0 Å². The molecular weight excluding hydrogens is 234 g/mol. The van der Waals surface area contributed by atoms with E-state index < -0.39 is 16.3 Å². The first kappa shape index (κ1) is 14.6. The summed E-state index contributed by atoms with van der Waals surface area (Å²) in [4.78, 5) is 2.35. The number of hydrogen-bond acceptors (Lipinski definition) is 4. The molecule has 1 aliphatic heterocycles. The molecule has 1 heterocycles. The van der Waals surface area contributed by atoms with Gasteiger partial charge in [0.05, 0.1) is 6.07 Å². The third-order valence-electron chi connectivity index (χ3n) is 3.24. The molecule has 1 atom stereocenters. The topological polar surface area (TPSA) is 56.1 Å². The van der Waals surface area contributed by atoms with Crippen LogP contribution < -0.4 is 5.32 Å². The van der Waals surface area contributed by atoms with Gasteiger partial charge in [-0.15, -0.1) is 0 Å². The predicted octanol–water partition coefficient (Wildman–Crippen LogP) is 0.723. The van der Waals surface area contributed by atoms with E-state index in [1.165, 1.54) is 0 Å². The van der Waals surface area contributed by atoms with Gasteiger partial charge in [-0.1, -0.05) is 6.92 Å². The van der Waals surface area contributed by atoms with Gasteiger partial charge in [-0.3, -0.25) is 9.53 Å². The molecule has 98 valence electrons. The Bertz CT molecular complexity index is 293. The summed E-state index contributed by atoms with van der Waals surface area (Å²) in [5.41, 5.74) is -0.395. The molecule has 0 bridgehead atoms. The Balaban J connectivity index is 2.23. The van der Waals surface area contributed by atoms with E-state index in [-0.39, 0.29) is 0 Å². The van der Waals surface area contributed by atoms with Crippen molar-refractivity contribution in [1.82, 2.24) is 10.2 Å². The first-order chi connectivity index (χ1) is 8.09. The first-order valence-corrected chi connectivity index (χ1v) is 7.82. The van der Waals surface area contributed by atoms with E-state index in [2.05, 4.69) is 16.3 Å². The summed E-state index contributed by atoms with van der Waals surface area (Å²) in [6.07, 6.45) is 1.89. The molecule has 0 aliphatic carbocycles. The summed E-state index contributed by atoms with van der Waals surface area (Å²) >= 11 is 0. The molecule has 17 heavy (non-hydrogen) atoms. The Morgan fingerprint density at radius 1 is 1.47 bits per heavy atom. The SMILES string of the molecule is CCNC(C)(C#N)CCCN1CCS(=O)CC1. The van der Waals surface area contributed by atoms with Crippen LogP contribution in [0, 0.1) is 11.3 Å². The summed E-state index contributed by atoms with van der Waals surface area (Å²) in [5, 5.41) is 12.3. The molecular formula is C12H23N3OS. The second-order valence-electron chi connectivity index (χ2n) is 4.77. The Morgan fingerprint density at radius 2 is 2.12 bits per heavy atom. The first-order valence-electron chi connectivity index (χ1n) is 6.33. The van der Waals surface area contributed by atoms with Crippen LogP contribution in [0.4, 0.5) is 0 Å². The van der Waals surface area contributed by atoms with Crippen LogP contribution in [0.25, 0.3) is 0 Å². The highest BCUT2D eigenvalue weighted by Gasteiger charge is 2.22. The third-order valence-corrected chi connectivity index (χ3v) is 4.51. The highest BCUT2D eigenvalue weighted by molar-refractivity contribution is 7.85. The highest BCUT2D eigenvalue weighted by Crippen LogP contribution is 2.12. The number of nitrogens with one attached hydrogen (secondary N) is 1. The van der Waals surface area contributed by atoms with E-state index in [9.17, 15) is 4.21 Å². The fourth-order valence-electron chi connectivity index (χ4n) is 2.13. The molecule has 0 amide bonds. The minimum atomic E-state index is -0.595. The maximum atomic E-state index is 11.2. The van der Waals surface area contributed by atoms with Crippen LogP contribution in [-0.4, -0.2) is 52.3 Å². The summed E-state index contributed by atoms with van der Waals surface area (Å²) in [5.74, 6) is 1.62. The summed E-state index contributed by atoms with van der Waals surface area (Å²) < 4.78 is 11.2. The van der Waals surface area contributed by atoms with Crippen LogP contribution in [0.3, 0.4) is 0 Å². The standard InChI is InChI=1S/C12H23N3OS/c1-3-14-12(2,11-13)5-4-6-15-7-9-17(16)10-8-15/h14H,3-10H2,1-2H3. The van der Waals surface area contributed by atoms with E-state index in [1.807, 2.05) is 13.8 Å². The molecule has 1 fully saturated rings. The van der Waals surface area contributed by atoms with Crippen molar-refractivity contribution in [3.63, 3.8) is 0 Å². The zero-order chi connectivity index (χ0) is 12.7. The van der Waals surface area contributed by atoms with Crippen molar-refractivity contribution in [2.75, 3.05) is 37.7 Å². The largest absolute Gasteiger partial charge is 0.302 e. The minimum Gasteiger partial charge on any atom is -0.302 e. The van der Waals surface area contributed by atoms with E-state index in [4.69, 9.17) is 5.26 Å². The lowest BCUT2D eigenvalue weighted by molar-refractivity contribution is 0.278. The third kappa shape index (κ3) is 5.15. The van der Waals surface area contributed by atoms with E-state index >= 15 is 0 Å². The molecule has 1 rings (SSSR count). The van der Waals surface area contributed by atoms with Gasteiger partial charge in [0.1, 0.15) is 5.54 Å². The Hall–Kier alpha value is -0.440. The lowest BCUT2D eigenvalue weighted by Crippen LogP contribution is -2.42. The monoisotopic (exact) mass is 257 g/mol. The van der Waals surface area contributed by atoms with E-state index in [0.717, 1.165) is 50.5 Å². The van der Waals surface area contributed by atoms with Gasteiger partial charge in [0.2, 0.25) is 0 Å². The van der Waals surface area contributed by atoms with E-state index in [1.54, 1.807) is 0 Å². The molecule has 0 radical (unpaired) electrons. The number of nitriles is 1. The van der Waals surface area contributed by atoms with Crippen molar-refractivity contribution >= 4 is 10.8 Å². The molecule has 1 unspecified atom stereocenters. The number of hydrogen-bond donors (Lipinski definition) is 1. The van der Waals surface area contributed by atoms with Crippen LogP contribution in [0.2, 0.25) is 0 Å². The molecule has 0 aromatic carbocycles. The van der Waals surface area contributed by atoms with Gasteiger partial charge in [-0.2, -0.15) is 5.26 Å². The molecule has 5 heteroatoms.